The van der Waals surface area contributed by atoms with Gasteiger partial charge < -0.3 is 16.5 Å². The lowest BCUT2D eigenvalue weighted by molar-refractivity contribution is 1.45. The maximum atomic E-state index is 5.76. The molecule has 5 N–H and O–H groups in total. The quantitative estimate of drug-likeness (QED) is 0.555. The van der Waals surface area contributed by atoms with Gasteiger partial charge >= 0.3 is 0 Å². The number of aromatic nitrogens is 1. The molecule has 0 spiro atoms. The van der Waals surface area contributed by atoms with Crippen LogP contribution in [-0.4, -0.2) is 4.98 Å². The van der Waals surface area contributed by atoms with Crippen molar-refractivity contribution in [2.24, 2.45) is 0 Å². The van der Waals surface area contributed by atoms with Crippen LogP contribution in [0.15, 0.2) is 48.5 Å². The molecule has 0 aliphatic rings. The van der Waals surface area contributed by atoms with Crippen molar-refractivity contribution in [3.8, 4) is 11.3 Å². The number of rotatable bonds is 1. The maximum Gasteiger partial charge on any atom is 0.0464 e. The number of nitrogens with one attached hydrogen (secondary N) is 1. The van der Waals surface area contributed by atoms with Crippen molar-refractivity contribution in [2.75, 3.05) is 11.5 Å². The number of fused-ring (bicyclic) bond motifs is 1. The van der Waals surface area contributed by atoms with Crippen LogP contribution in [0, 0.1) is 0 Å². The minimum atomic E-state index is 0.772. The van der Waals surface area contributed by atoms with Crippen LogP contribution in [0.4, 0.5) is 11.4 Å². The van der Waals surface area contributed by atoms with Gasteiger partial charge in [-0.1, -0.05) is 12.1 Å². The molecule has 0 atom stereocenters. The minimum absolute atomic E-state index is 0.772. The van der Waals surface area contributed by atoms with Crippen molar-refractivity contribution in [1.82, 2.24) is 4.98 Å². The van der Waals surface area contributed by atoms with Gasteiger partial charge in [0.2, 0.25) is 0 Å². The van der Waals surface area contributed by atoms with Crippen LogP contribution < -0.4 is 11.5 Å². The molecule has 1 aromatic heterocycles. The summed E-state index contributed by atoms with van der Waals surface area (Å²) in [6.07, 6.45) is 0. The molecule has 1 heterocycles. The zero-order valence-electron chi connectivity index (χ0n) is 9.27. The fourth-order valence-electron chi connectivity index (χ4n) is 1.97. The van der Waals surface area contributed by atoms with E-state index in [0.29, 0.717) is 0 Å². The van der Waals surface area contributed by atoms with Crippen molar-refractivity contribution in [1.29, 1.82) is 0 Å². The zero-order valence-corrected chi connectivity index (χ0v) is 9.27. The number of hydrogen-bond donors (Lipinski definition) is 3. The Kier molecular flexibility index (Phi) is 2.05. The number of nitrogens with two attached hydrogens (primary N) is 2. The second-order valence-corrected chi connectivity index (χ2v) is 4.15. The zero-order chi connectivity index (χ0) is 11.8. The first-order valence-electron chi connectivity index (χ1n) is 5.46. The van der Waals surface area contributed by atoms with Crippen molar-refractivity contribution in [3.05, 3.63) is 48.5 Å². The van der Waals surface area contributed by atoms with E-state index in [1.54, 1.807) is 0 Å². The molecule has 0 fully saturated rings. The minimum Gasteiger partial charge on any atom is -0.399 e. The molecule has 0 bridgehead atoms. The Morgan fingerprint density at radius 2 is 1.47 bits per heavy atom. The molecular formula is C14H13N3. The third-order valence-corrected chi connectivity index (χ3v) is 2.87. The molecule has 3 rings (SSSR count). The average molecular weight is 223 g/mol. The van der Waals surface area contributed by atoms with E-state index < -0.39 is 0 Å². The monoisotopic (exact) mass is 223 g/mol. The summed E-state index contributed by atoms with van der Waals surface area (Å²) >= 11 is 0. The first kappa shape index (κ1) is 9.78. The van der Waals surface area contributed by atoms with E-state index in [4.69, 9.17) is 11.5 Å². The molecule has 2 aromatic carbocycles. The Balaban J connectivity index is 2.14. The highest BCUT2D eigenvalue weighted by molar-refractivity contribution is 5.88. The fourth-order valence-corrected chi connectivity index (χ4v) is 1.97. The summed E-state index contributed by atoms with van der Waals surface area (Å²) in [5.41, 5.74) is 16.3. The molecule has 0 aliphatic heterocycles. The van der Waals surface area contributed by atoms with Gasteiger partial charge in [0.25, 0.3) is 0 Å². The van der Waals surface area contributed by atoms with Crippen LogP contribution in [-0.2, 0) is 0 Å². The van der Waals surface area contributed by atoms with Crippen molar-refractivity contribution in [2.45, 2.75) is 0 Å². The maximum absolute atomic E-state index is 5.76. The number of benzene rings is 2. The lowest BCUT2D eigenvalue weighted by atomic mass is 10.1. The third-order valence-electron chi connectivity index (χ3n) is 2.87. The Bertz CT molecular complexity index is 666. The number of hydrogen-bond acceptors (Lipinski definition) is 2. The third kappa shape index (κ3) is 1.72. The lowest BCUT2D eigenvalue weighted by Gasteiger charge is -1.97. The number of aromatic amines is 1. The van der Waals surface area contributed by atoms with E-state index in [-0.39, 0.29) is 0 Å². The van der Waals surface area contributed by atoms with E-state index in [1.807, 2.05) is 42.5 Å². The first-order valence-corrected chi connectivity index (χ1v) is 5.46. The van der Waals surface area contributed by atoms with Gasteiger partial charge in [0, 0.05) is 28.0 Å². The number of anilines is 2. The predicted molar refractivity (Wildman–Crippen MR) is 72.6 cm³/mol. The summed E-state index contributed by atoms with van der Waals surface area (Å²) in [6, 6.07) is 15.7. The molecule has 3 nitrogen and oxygen atoms in total. The Hall–Kier alpha value is -2.42. The van der Waals surface area contributed by atoms with Crippen LogP contribution in [0.5, 0.6) is 0 Å². The van der Waals surface area contributed by atoms with Crippen LogP contribution in [0.25, 0.3) is 22.2 Å². The number of H-pyrrole nitrogens is 1. The molecule has 0 amide bonds. The summed E-state index contributed by atoms with van der Waals surface area (Å²) in [7, 11) is 0. The van der Waals surface area contributed by atoms with Gasteiger partial charge in [-0.2, -0.15) is 0 Å². The van der Waals surface area contributed by atoms with Crippen molar-refractivity contribution >= 4 is 22.3 Å². The molecule has 0 aliphatic carbocycles. The van der Waals surface area contributed by atoms with Gasteiger partial charge in [0.15, 0.2) is 0 Å². The molecule has 0 saturated heterocycles. The molecule has 84 valence electrons. The molecule has 0 unspecified atom stereocenters. The molecular weight excluding hydrogens is 210 g/mol. The van der Waals surface area contributed by atoms with E-state index in [2.05, 4.69) is 11.1 Å². The highest BCUT2D eigenvalue weighted by Gasteiger charge is 2.03. The smallest absolute Gasteiger partial charge is 0.0464 e. The van der Waals surface area contributed by atoms with E-state index in [0.717, 1.165) is 33.5 Å². The van der Waals surface area contributed by atoms with Crippen LogP contribution >= 0.6 is 0 Å². The fraction of sp³-hybridized carbons (Fsp3) is 0. The van der Waals surface area contributed by atoms with Crippen LogP contribution in [0.1, 0.15) is 0 Å². The predicted octanol–water partition coefficient (Wildman–Crippen LogP) is 3.00. The van der Waals surface area contributed by atoms with E-state index in [1.165, 1.54) is 0 Å². The van der Waals surface area contributed by atoms with Gasteiger partial charge in [-0.05, 0) is 42.0 Å². The molecule has 0 radical (unpaired) electrons. The topological polar surface area (TPSA) is 67.8 Å². The van der Waals surface area contributed by atoms with Gasteiger partial charge in [-0.25, -0.2) is 0 Å². The highest BCUT2D eigenvalue weighted by atomic mass is 14.7. The van der Waals surface area contributed by atoms with Gasteiger partial charge in [0.1, 0.15) is 0 Å². The van der Waals surface area contributed by atoms with Gasteiger partial charge in [0.05, 0.1) is 0 Å². The Labute approximate surface area is 99.1 Å². The summed E-state index contributed by atoms with van der Waals surface area (Å²) in [4.78, 5) is 3.36. The lowest BCUT2D eigenvalue weighted by Crippen LogP contribution is -1.83. The largest absolute Gasteiger partial charge is 0.399 e. The van der Waals surface area contributed by atoms with Gasteiger partial charge in [-0.15, -0.1) is 0 Å². The normalized spacial score (nSPS) is 10.8. The molecule has 17 heavy (non-hydrogen) atoms. The SMILES string of the molecule is Nc1ccc(-c2cc3cc(N)ccc3[nH]2)cc1. The average Bonchev–Trinajstić information content (AvgIpc) is 2.72. The first-order chi connectivity index (χ1) is 8.22. The number of nitrogen functional groups attached to an aromatic ring is 2. The second-order valence-electron chi connectivity index (χ2n) is 4.15. The molecule has 0 saturated carbocycles. The Morgan fingerprint density at radius 3 is 2.24 bits per heavy atom. The highest BCUT2D eigenvalue weighted by Crippen LogP contribution is 2.25. The second kappa shape index (κ2) is 3.56. The van der Waals surface area contributed by atoms with Crippen molar-refractivity contribution < 1.29 is 0 Å². The molecule has 3 aromatic rings. The summed E-state index contributed by atoms with van der Waals surface area (Å²) in [5.74, 6) is 0. The molecule has 3 heteroatoms. The van der Waals surface area contributed by atoms with Crippen LogP contribution in [0.2, 0.25) is 0 Å². The summed E-state index contributed by atoms with van der Waals surface area (Å²) in [5, 5.41) is 1.12. The summed E-state index contributed by atoms with van der Waals surface area (Å²) in [6.45, 7) is 0. The van der Waals surface area contributed by atoms with E-state index >= 15 is 0 Å². The van der Waals surface area contributed by atoms with Gasteiger partial charge in [-0.3, -0.25) is 0 Å². The van der Waals surface area contributed by atoms with Crippen LogP contribution in [0.3, 0.4) is 0 Å². The van der Waals surface area contributed by atoms with Crippen molar-refractivity contribution in [3.63, 3.8) is 0 Å². The van der Waals surface area contributed by atoms with E-state index in [9.17, 15) is 0 Å². The standard InChI is InChI=1S/C14H13N3/c15-11-3-1-9(2-4-11)14-8-10-7-12(16)5-6-13(10)17-14/h1-8,17H,15-16H2. The summed E-state index contributed by atoms with van der Waals surface area (Å²) < 4.78 is 0. The Morgan fingerprint density at radius 1 is 0.765 bits per heavy atom.